The molecule has 0 unspecified atom stereocenters. The zero-order chi connectivity index (χ0) is 14.1. The number of carbonyl (C=O) groups is 2. The van der Waals surface area contributed by atoms with Crippen molar-refractivity contribution in [2.75, 3.05) is 20.3 Å². The number of methoxy groups -OCH3 is 1. The molecule has 0 radical (unpaired) electrons. The monoisotopic (exact) mass is 282 g/mol. The Bertz CT molecular complexity index is 468. The molecule has 0 atom stereocenters. The lowest BCUT2D eigenvalue weighted by molar-refractivity contribution is -0.146. The fourth-order valence-electron chi connectivity index (χ4n) is 1.28. The third kappa shape index (κ3) is 6.18. The molecule has 19 heavy (non-hydrogen) atoms. The highest BCUT2D eigenvalue weighted by molar-refractivity contribution is 6.32. The van der Waals surface area contributed by atoms with Crippen LogP contribution >= 0.6 is 11.6 Å². The fraction of sp³-hybridized carbons (Fsp3) is 0.286. The molecule has 102 valence electrons. The Kier molecular flexibility index (Phi) is 6.85. The first-order valence-electron chi connectivity index (χ1n) is 5.73. The largest absolute Gasteiger partial charge is 0.463 e. The van der Waals surface area contributed by atoms with Gasteiger partial charge in [-0.05, 0) is 23.8 Å². The molecule has 0 saturated carbocycles. The predicted molar refractivity (Wildman–Crippen MR) is 72.9 cm³/mol. The highest BCUT2D eigenvalue weighted by Gasteiger charge is 2.07. The number of hydrogen-bond acceptors (Lipinski definition) is 4. The SMILES string of the molecule is COCCOC(=O)CC(=O)C=Cc1ccccc1Cl. The van der Waals surface area contributed by atoms with Gasteiger partial charge in [0.2, 0.25) is 0 Å². The Hall–Kier alpha value is -1.65. The number of ketones is 1. The topological polar surface area (TPSA) is 52.6 Å². The lowest BCUT2D eigenvalue weighted by Crippen LogP contribution is -2.12. The first kappa shape index (κ1) is 15.4. The molecule has 0 heterocycles. The van der Waals surface area contributed by atoms with Gasteiger partial charge in [-0.1, -0.05) is 29.8 Å². The molecule has 0 aliphatic rings. The summed E-state index contributed by atoms with van der Waals surface area (Å²) >= 11 is 5.93. The molecule has 0 saturated heterocycles. The number of ether oxygens (including phenoxy) is 2. The minimum Gasteiger partial charge on any atom is -0.463 e. The molecule has 1 aromatic carbocycles. The Morgan fingerprint density at radius 1 is 1.26 bits per heavy atom. The summed E-state index contributed by atoms with van der Waals surface area (Å²) in [5, 5.41) is 0.550. The number of rotatable bonds is 7. The van der Waals surface area contributed by atoms with Crippen molar-refractivity contribution in [3.05, 3.63) is 40.9 Å². The van der Waals surface area contributed by atoms with Crippen molar-refractivity contribution in [1.29, 1.82) is 0 Å². The van der Waals surface area contributed by atoms with E-state index < -0.39 is 5.97 Å². The molecule has 0 spiro atoms. The number of hydrogen-bond donors (Lipinski definition) is 0. The second-order valence-corrected chi connectivity index (χ2v) is 4.12. The minimum atomic E-state index is -0.564. The Labute approximate surface area is 117 Å². The van der Waals surface area contributed by atoms with E-state index in [2.05, 4.69) is 0 Å². The van der Waals surface area contributed by atoms with Crippen LogP contribution in [-0.2, 0) is 19.1 Å². The van der Waals surface area contributed by atoms with E-state index >= 15 is 0 Å². The maximum Gasteiger partial charge on any atom is 0.313 e. The van der Waals surface area contributed by atoms with Crippen LogP contribution in [0.25, 0.3) is 6.08 Å². The van der Waals surface area contributed by atoms with Crippen molar-refractivity contribution in [2.45, 2.75) is 6.42 Å². The molecular formula is C14H15ClO4. The van der Waals surface area contributed by atoms with Crippen LogP contribution in [-0.4, -0.2) is 32.1 Å². The highest BCUT2D eigenvalue weighted by atomic mass is 35.5. The standard InChI is InChI=1S/C14H15ClO4/c1-18-8-9-19-14(17)10-12(16)7-6-11-4-2-3-5-13(11)15/h2-7H,8-10H2,1H3. The van der Waals surface area contributed by atoms with Crippen molar-refractivity contribution < 1.29 is 19.1 Å². The average Bonchev–Trinajstić information content (AvgIpc) is 2.38. The molecule has 0 aromatic heterocycles. The van der Waals surface area contributed by atoms with Crippen molar-refractivity contribution in [3.8, 4) is 0 Å². The van der Waals surface area contributed by atoms with Crippen LogP contribution in [0.1, 0.15) is 12.0 Å². The molecule has 0 amide bonds. The fourth-order valence-corrected chi connectivity index (χ4v) is 1.48. The zero-order valence-corrected chi connectivity index (χ0v) is 11.4. The smallest absolute Gasteiger partial charge is 0.313 e. The van der Waals surface area contributed by atoms with E-state index in [4.69, 9.17) is 21.1 Å². The van der Waals surface area contributed by atoms with E-state index in [-0.39, 0.29) is 18.8 Å². The maximum absolute atomic E-state index is 11.5. The van der Waals surface area contributed by atoms with Gasteiger partial charge in [-0.3, -0.25) is 9.59 Å². The third-order valence-electron chi connectivity index (χ3n) is 2.22. The van der Waals surface area contributed by atoms with Crippen LogP contribution < -0.4 is 0 Å². The predicted octanol–water partition coefficient (Wildman–Crippen LogP) is 2.50. The Morgan fingerprint density at radius 3 is 2.68 bits per heavy atom. The van der Waals surface area contributed by atoms with Crippen molar-refractivity contribution in [1.82, 2.24) is 0 Å². The number of esters is 1. The lowest BCUT2D eigenvalue weighted by Gasteiger charge is -2.01. The van der Waals surface area contributed by atoms with Gasteiger partial charge in [-0.15, -0.1) is 0 Å². The second kappa shape index (κ2) is 8.45. The summed E-state index contributed by atoms with van der Waals surface area (Å²) in [5.41, 5.74) is 0.727. The summed E-state index contributed by atoms with van der Waals surface area (Å²) in [6, 6.07) is 7.12. The third-order valence-corrected chi connectivity index (χ3v) is 2.57. The quantitative estimate of drug-likeness (QED) is 0.334. The molecular weight excluding hydrogens is 268 g/mol. The summed E-state index contributed by atoms with van der Waals surface area (Å²) in [6.07, 6.45) is 2.61. The summed E-state index contributed by atoms with van der Waals surface area (Å²) < 4.78 is 9.51. The summed E-state index contributed by atoms with van der Waals surface area (Å²) in [4.78, 5) is 22.8. The molecule has 4 nitrogen and oxygen atoms in total. The van der Waals surface area contributed by atoms with Gasteiger partial charge in [0.05, 0.1) is 6.61 Å². The van der Waals surface area contributed by atoms with E-state index in [9.17, 15) is 9.59 Å². The molecule has 5 heteroatoms. The zero-order valence-electron chi connectivity index (χ0n) is 10.6. The normalized spacial score (nSPS) is 10.6. The van der Waals surface area contributed by atoms with Gasteiger partial charge >= 0.3 is 5.97 Å². The van der Waals surface area contributed by atoms with Crippen LogP contribution in [0.5, 0.6) is 0 Å². The molecule has 1 aromatic rings. The number of carbonyl (C=O) groups excluding carboxylic acids is 2. The van der Waals surface area contributed by atoms with Crippen LogP contribution in [0.15, 0.2) is 30.3 Å². The Morgan fingerprint density at radius 2 is 2.00 bits per heavy atom. The molecule has 1 rings (SSSR count). The second-order valence-electron chi connectivity index (χ2n) is 3.71. The van der Waals surface area contributed by atoms with Gasteiger partial charge in [0, 0.05) is 12.1 Å². The first-order chi connectivity index (χ1) is 9.13. The number of halogens is 1. The van der Waals surface area contributed by atoms with Crippen molar-refractivity contribution >= 4 is 29.4 Å². The van der Waals surface area contributed by atoms with Gasteiger partial charge in [0.15, 0.2) is 5.78 Å². The molecule has 0 aliphatic carbocycles. The minimum absolute atomic E-state index is 0.150. The molecule has 0 bridgehead atoms. The average molecular weight is 283 g/mol. The van der Waals surface area contributed by atoms with E-state index in [0.29, 0.717) is 11.6 Å². The van der Waals surface area contributed by atoms with E-state index in [0.717, 1.165) is 5.56 Å². The van der Waals surface area contributed by atoms with E-state index in [1.165, 1.54) is 13.2 Å². The van der Waals surface area contributed by atoms with Gasteiger partial charge in [0.1, 0.15) is 13.0 Å². The van der Waals surface area contributed by atoms with Gasteiger partial charge in [-0.2, -0.15) is 0 Å². The molecule has 0 fully saturated rings. The van der Waals surface area contributed by atoms with E-state index in [1.807, 2.05) is 6.07 Å². The molecule has 0 aliphatic heterocycles. The molecule has 0 N–H and O–H groups in total. The Balaban J connectivity index is 2.43. The van der Waals surface area contributed by atoms with Crippen LogP contribution in [0.2, 0.25) is 5.02 Å². The van der Waals surface area contributed by atoms with Crippen molar-refractivity contribution in [3.63, 3.8) is 0 Å². The van der Waals surface area contributed by atoms with Crippen LogP contribution in [0, 0.1) is 0 Å². The van der Waals surface area contributed by atoms with Crippen LogP contribution in [0.4, 0.5) is 0 Å². The number of allylic oxidation sites excluding steroid dienone is 1. The van der Waals surface area contributed by atoms with Gasteiger partial charge in [-0.25, -0.2) is 0 Å². The summed E-state index contributed by atoms with van der Waals surface area (Å²) in [7, 11) is 1.51. The van der Waals surface area contributed by atoms with Crippen LogP contribution in [0.3, 0.4) is 0 Å². The lowest BCUT2D eigenvalue weighted by atomic mass is 10.2. The highest BCUT2D eigenvalue weighted by Crippen LogP contribution is 2.16. The van der Waals surface area contributed by atoms with Gasteiger partial charge < -0.3 is 9.47 Å². The van der Waals surface area contributed by atoms with E-state index in [1.54, 1.807) is 24.3 Å². The first-order valence-corrected chi connectivity index (χ1v) is 6.11. The summed E-state index contributed by atoms with van der Waals surface area (Å²) in [6.45, 7) is 0.465. The van der Waals surface area contributed by atoms with Gasteiger partial charge in [0.25, 0.3) is 0 Å². The number of benzene rings is 1. The van der Waals surface area contributed by atoms with Crippen molar-refractivity contribution in [2.24, 2.45) is 0 Å². The summed E-state index contributed by atoms with van der Waals surface area (Å²) in [5.74, 6) is -0.895. The maximum atomic E-state index is 11.5.